The Morgan fingerprint density at radius 2 is 1.67 bits per heavy atom. The second kappa shape index (κ2) is 11.9. The van der Waals surface area contributed by atoms with E-state index < -0.39 is 0 Å². The molecule has 1 amide bonds. The summed E-state index contributed by atoms with van der Waals surface area (Å²) >= 11 is 0. The van der Waals surface area contributed by atoms with E-state index in [-0.39, 0.29) is 36.1 Å². The van der Waals surface area contributed by atoms with Gasteiger partial charge in [-0.15, -0.1) is 0 Å². The van der Waals surface area contributed by atoms with E-state index in [9.17, 15) is 14.4 Å². The average Bonchev–Trinajstić information content (AvgIpc) is 2.76. The molecule has 2 aromatic rings. The smallest absolute Gasteiger partial charge is 0.314 e. The quantitative estimate of drug-likeness (QED) is 0.341. The normalized spacial score (nSPS) is 12.6. The Bertz CT molecular complexity index is 830. The molecule has 0 fully saturated rings. The Balaban J connectivity index is 1.90. The van der Waals surface area contributed by atoms with Gasteiger partial charge in [-0.05, 0) is 29.9 Å². The molecule has 1 N–H and O–H groups in total. The van der Waals surface area contributed by atoms with Gasteiger partial charge in [-0.1, -0.05) is 74.9 Å². The molecule has 0 bridgehead atoms. The van der Waals surface area contributed by atoms with Crippen molar-refractivity contribution in [3.63, 3.8) is 0 Å². The van der Waals surface area contributed by atoms with E-state index in [1.54, 1.807) is 12.1 Å². The molecule has 0 saturated carbocycles. The van der Waals surface area contributed by atoms with Gasteiger partial charge in [-0.25, -0.2) is 0 Å². The first-order valence-corrected chi connectivity index (χ1v) is 10.5. The Labute approximate surface area is 178 Å². The van der Waals surface area contributed by atoms with Crippen LogP contribution in [-0.2, 0) is 20.7 Å². The van der Waals surface area contributed by atoms with Crippen molar-refractivity contribution < 1.29 is 19.1 Å². The lowest BCUT2D eigenvalue weighted by Crippen LogP contribution is -2.24. The number of esters is 1. The molecule has 0 spiro atoms. The van der Waals surface area contributed by atoms with Crippen LogP contribution in [0.5, 0.6) is 0 Å². The monoisotopic (exact) mass is 409 g/mol. The molecule has 0 heterocycles. The van der Waals surface area contributed by atoms with E-state index in [0.29, 0.717) is 12.1 Å². The van der Waals surface area contributed by atoms with Crippen LogP contribution in [0.4, 0.5) is 0 Å². The van der Waals surface area contributed by atoms with Gasteiger partial charge in [0.1, 0.15) is 0 Å². The predicted octanol–water partition coefficient (Wildman–Crippen LogP) is 4.31. The van der Waals surface area contributed by atoms with Crippen molar-refractivity contribution in [2.45, 2.75) is 46.0 Å². The molecule has 0 aliphatic rings. The molecule has 0 radical (unpaired) electrons. The second-order valence-electron chi connectivity index (χ2n) is 7.59. The van der Waals surface area contributed by atoms with Crippen LogP contribution in [0.2, 0.25) is 0 Å². The highest BCUT2D eigenvalue weighted by Crippen LogP contribution is 2.28. The van der Waals surface area contributed by atoms with E-state index in [2.05, 4.69) is 5.32 Å². The number of ketones is 1. The number of rotatable bonds is 11. The Kier molecular flexibility index (Phi) is 9.26. The molecule has 5 nitrogen and oxygen atoms in total. The maximum absolute atomic E-state index is 12.7. The first kappa shape index (κ1) is 23.3. The van der Waals surface area contributed by atoms with Crippen molar-refractivity contribution in [2.24, 2.45) is 5.92 Å². The maximum Gasteiger partial charge on any atom is 0.314 e. The number of aryl methyl sites for hydroxylation is 1. The van der Waals surface area contributed by atoms with Crippen LogP contribution in [0, 0.1) is 5.92 Å². The van der Waals surface area contributed by atoms with Gasteiger partial charge in [0.15, 0.2) is 12.4 Å². The number of hydrogen-bond acceptors (Lipinski definition) is 4. The van der Waals surface area contributed by atoms with Crippen molar-refractivity contribution in [1.29, 1.82) is 0 Å². The largest absolute Gasteiger partial charge is 0.457 e. The highest BCUT2D eigenvalue weighted by atomic mass is 16.5. The van der Waals surface area contributed by atoms with Gasteiger partial charge in [0.25, 0.3) is 0 Å². The molecular weight excluding hydrogens is 378 g/mol. The molecule has 0 aromatic heterocycles. The van der Waals surface area contributed by atoms with Gasteiger partial charge in [-0.2, -0.15) is 0 Å². The predicted molar refractivity (Wildman–Crippen MR) is 117 cm³/mol. The number of amides is 1. The first-order valence-electron chi connectivity index (χ1n) is 10.5. The van der Waals surface area contributed by atoms with Crippen molar-refractivity contribution in [3.8, 4) is 0 Å². The maximum atomic E-state index is 12.7. The Morgan fingerprint density at radius 1 is 1.00 bits per heavy atom. The lowest BCUT2D eigenvalue weighted by molar-refractivity contribution is -0.145. The van der Waals surface area contributed by atoms with E-state index in [0.717, 1.165) is 30.4 Å². The number of Topliss-reactive ketones (excluding diaryl/α,β-unsaturated/α-hetero) is 1. The van der Waals surface area contributed by atoms with Crippen molar-refractivity contribution in [3.05, 3.63) is 71.3 Å². The highest BCUT2D eigenvalue weighted by Gasteiger charge is 2.27. The van der Waals surface area contributed by atoms with Crippen LogP contribution in [0.1, 0.15) is 61.0 Å². The Hall–Kier alpha value is -2.95. The number of nitrogens with one attached hydrogen (secondary N) is 1. The highest BCUT2D eigenvalue weighted by molar-refractivity contribution is 5.98. The molecule has 2 atom stereocenters. The van der Waals surface area contributed by atoms with Gasteiger partial charge in [0.05, 0.1) is 5.92 Å². The molecule has 30 heavy (non-hydrogen) atoms. The summed E-state index contributed by atoms with van der Waals surface area (Å²) in [6, 6.07) is 16.9. The molecule has 5 heteroatoms. The molecule has 2 rings (SSSR count). The number of carbonyl (C=O) groups excluding carboxylic acids is 3. The van der Waals surface area contributed by atoms with E-state index in [1.807, 2.05) is 56.3 Å². The van der Waals surface area contributed by atoms with E-state index >= 15 is 0 Å². The van der Waals surface area contributed by atoms with Crippen LogP contribution in [0.25, 0.3) is 0 Å². The minimum atomic E-state index is -0.380. The minimum Gasteiger partial charge on any atom is -0.457 e. The number of ether oxygens (including phenoxy) is 1. The molecule has 160 valence electrons. The third-order valence-corrected chi connectivity index (χ3v) is 5.26. The molecule has 2 unspecified atom stereocenters. The molecule has 0 aliphatic carbocycles. The third-order valence-electron chi connectivity index (χ3n) is 5.26. The fourth-order valence-corrected chi connectivity index (χ4v) is 3.32. The van der Waals surface area contributed by atoms with Crippen LogP contribution in [0.15, 0.2) is 54.6 Å². The standard InChI is InChI=1S/C25H31NO4/c1-4-18(2)24(22-10-6-5-7-11-22)25(29)30-17-23(28)21-14-12-20(13-15-21)9-8-16-26-19(3)27/h5-7,10-15,18,24H,4,8-9,16-17H2,1-3H3,(H,26,27). The number of hydrogen-bond donors (Lipinski definition) is 1. The minimum absolute atomic E-state index is 0.0340. The SMILES string of the molecule is CCC(C)C(C(=O)OCC(=O)c1ccc(CCCNC(C)=O)cc1)c1ccccc1. The van der Waals surface area contributed by atoms with E-state index in [1.165, 1.54) is 6.92 Å². The topological polar surface area (TPSA) is 72.5 Å². The number of carbonyl (C=O) groups is 3. The molecular formula is C25H31NO4. The summed E-state index contributed by atoms with van der Waals surface area (Å²) in [5, 5.41) is 2.76. The van der Waals surface area contributed by atoms with Gasteiger partial charge >= 0.3 is 5.97 Å². The Morgan fingerprint density at radius 3 is 2.27 bits per heavy atom. The summed E-state index contributed by atoms with van der Waals surface area (Å²) in [4.78, 5) is 36.1. The van der Waals surface area contributed by atoms with Gasteiger partial charge in [0, 0.05) is 19.0 Å². The molecule has 0 saturated heterocycles. The summed E-state index contributed by atoms with van der Waals surface area (Å²) in [5.74, 6) is -0.877. The van der Waals surface area contributed by atoms with Crippen LogP contribution < -0.4 is 5.32 Å². The lowest BCUT2D eigenvalue weighted by Gasteiger charge is -2.21. The zero-order chi connectivity index (χ0) is 21.9. The van der Waals surface area contributed by atoms with Gasteiger partial charge < -0.3 is 10.1 Å². The van der Waals surface area contributed by atoms with Crippen molar-refractivity contribution in [2.75, 3.05) is 13.2 Å². The third kappa shape index (κ3) is 7.14. The molecule has 2 aromatic carbocycles. The second-order valence-corrected chi connectivity index (χ2v) is 7.59. The van der Waals surface area contributed by atoms with Crippen LogP contribution >= 0.6 is 0 Å². The average molecular weight is 410 g/mol. The van der Waals surface area contributed by atoms with Crippen molar-refractivity contribution in [1.82, 2.24) is 5.32 Å². The molecule has 0 aliphatic heterocycles. The first-order chi connectivity index (χ1) is 14.4. The fraction of sp³-hybridized carbons (Fsp3) is 0.400. The summed E-state index contributed by atoms with van der Waals surface area (Å²) in [5.41, 5.74) is 2.52. The summed E-state index contributed by atoms with van der Waals surface area (Å²) in [6.45, 7) is 5.92. The van der Waals surface area contributed by atoms with E-state index in [4.69, 9.17) is 4.74 Å². The summed E-state index contributed by atoms with van der Waals surface area (Å²) < 4.78 is 5.40. The zero-order valence-electron chi connectivity index (χ0n) is 18.0. The fourth-order valence-electron chi connectivity index (χ4n) is 3.32. The summed E-state index contributed by atoms with van der Waals surface area (Å²) in [7, 11) is 0. The van der Waals surface area contributed by atoms with Gasteiger partial charge in [-0.3, -0.25) is 14.4 Å². The number of benzene rings is 2. The van der Waals surface area contributed by atoms with Crippen molar-refractivity contribution >= 4 is 17.7 Å². The van der Waals surface area contributed by atoms with Crippen LogP contribution in [0.3, 0.4) is 0 Å². The van der Waals surface area contributed by atoms with Crippen LogP contribution in [-0.4, -0.2) is 30.8 Å². The zero-order valence-corrected chi connectivity index (χ0v) is 18.0. The summed E-state index contributed by atoms with van der Waals surface area (Å²) in [6.07, 6.45) is 2.49. The van der Waals surface area contributed by atoms with Gasteiger partial charge in [0.2, 0.25) is 5.91 Å². The lowest BCUT2D eigenvalue weighted by atomic mass is 9.85.